The van der Waals surface area contributed by atoms with Crippen molar-refractivity contribution >= 4 is 0 Å². The van der Waals surface area contributed by atoms with Crippen LogP contribution in [0.25, 0.3) is 0 Å². The molecule has 6 heterocycles. The summed E-state index contributed by atoms with van der Waals surface area (Å²) in [5, 5.41) is 65.3. The minimum absolute atomic E-state index is 0.0890. The lowest BCUT2D eigenvalue weighted by molar-refractivity contribution is -0.134. The van der Waals surface area contributed by atoms with Crippen LogP contribution in [0.15, 0.2) is 0 Å². The van der Waals surface area contributed by atoms with Gasteiger partial charge in [-0.25, -0.2) is 0 Å². The van der Waals surface area contributed by atoms with Gasteiger partial charge in [0, 0.05) is 39.3 Å². The quantitative estimate of drug-likeness (QED) is 0.0446. The van der Waals surface area contributed by atoms with Crippen molar-refractivity contribution in [3.63, 3.8) is 0 Å². The van der Waals surface area contributed by atoms with Crippen LogP contribution in [0.5, 0.6) is 0 Å². The van der Waals surface area contributed by atoms with Gasteiger partial charge in [-0.3, -0.25) is 0 Å². The zero-order chi connectivity index (χ0) is 52.7. The number of aliphatic hydroxyl groups excluding tert-OH is 6. The van der Waals surface area contributed by atoms with Crippen LogP contribution in [0.3, 0.4) is 0 Å². The van der Waals surface area contributed by atoms with E-state index >= 15 is 0 Å². The van der Waals surface area contributed by atoms with Crippen LogP contribution < -0.4 is 0 Å². The van der Waals surface area contributed by atoms with E-state index in [1.54, 1.807) is 0 Å². The number of likely N-dealkylation sites (tertiary alicyclic amines) is 6. The number of nitrogens with zero attached hydrogens (tertiary/aromatic N) is 6. The zero-order valence-corrected chi connectivity index (χ0v) is 45.9. The Hall–Kier alpha value is -0.840. The van der Waals surface area contributed by atoms with Crippen LogP contribution in [0.4, 0.5) is 0 Å². The molecule has 0 bridgehead atoms. The molecule has 6 saturated heterocycles. The first kappa shape index (κ1) is 63.3. The van der Waals surface area contributed by atoms with E-state index in [1.807, 2.05) is 0 Å². The van der Waals surface area contributed by atoms with Gasteiger partial charge in [0.15, 0.2) is 0 Å². The minimum Gasteiger partial charge on any atom is -0.389 e. The Kier molecular flexibility index (Phi) is 32.1. The maximum absolute atomic E-state index is 11.0. The SMILES string of the molecule is OC(COCC(COCC(COCC(COCC(COCC(O)CN1CCCC1)OCC(O)CN1CCCC1)OCC(O)CN1CCCC1)OCC(O)CN1CCCC1)OCC(O)CN1CCCC1)CN1CCCC1. The Balaban J connectivity index is 1.03. The largest absolute Gasteiger partial charge is 0.389 e. The molecule has 21 heteroatoms. The van der Waals surface area contributed by atoms with E-state index in [-0.39, 0.29) is 92.5 Å². The molecule has 75 heavy (non-hydrogen) atoms. The van der Waals surface area contributed by atoms with Crippen molar-refractivity contribution in [2.24, 2.45) is 0 Å². The third-order valence-corrected chi connectivity index (χ3v) is 15.2. The van der Waals surface area contributed by atoms with Gasteiger partial charge < -0.3 is 103 Å². The van der Waals surface area contributed by atoms with E-state index in [2.05, 4.69) is 29.4 Å². The second kappa shape index (κ2) is 38.0. The first-order chi connectivity index (χ1) is 36.6. The van der Waals surface area contributed by atoms with E-state index in [0.29, 0.717) is 39.3 Å². The molecular formula is C54H104N6O15. The second-order valence-electron chi connectivity index (χ2n) is 22.5. The molecule has 0 aliphatic carbocycles. The fourth-order valence-corrected chi connectivity index (χ4v) is 11.1. The van der Waals surface area contributed by atoms with Gasteiger partial charge in [0.25, 0.3) is 0 Å². The Morgan fingerprint density at radius 2 is 0.360 bits per heavy atom. The van der Waals surface area contributed by atoms with Crippen LogP contribution in [-0.4, -0.2) is 331 Å². The molecule has 10 unspecified atom stereocenters. The minimum atomic E-state index is -0.699. The summed E-state index contributed by atoms with van der Waals surface area (Å²) in [5.74, 6) is 0. The maximum atomic E-state index is 11.0. The third kappa shape index (κ3) is 27.9. The van der Waals surface area contributed by atoms with Crippen LogP contribution in [-0.2, 0) is 42.6 Å². The second-order valence-corrected chi connectivity index (χ2v) is 22.5. The molecule has 0 aromatic rings. The molecule has 6 rings (SSSR count). The van der Waals surface area contributed by atoms with Gasteiger partial charge in [0.1, 0.15) is 24.4 Å². The number of hydrogen-bond donors (Lipinski definition) is 6. The lowest BCUT2D eigenvalue weighted by Crippen LogP contribution is -2.39. The zero-order valence-electron chi connectivity index (χ0n) is 45.9. The molecule has 6 fully saturated rings. The van der Waals surface area contributed by atoms with E-state index in [9.17, 15) is 30.6 Å². The highest BCUT2D eigenvalue weighted by atomic mass is 16.6. The Morgan fingerprint density at radius 1 is 0.213 bits per heavy atom. The van der Waals surface area contributed by atoms with Crippen molar-refractivity contribution in [2.75, 3.05) is 210 Å². The van der Waals surface area contributed by atoms with E-state index < -0.39 is 61.0 Å². The molecule has 10 atom stereocenters. The lowest BCUT2D eigenvalue weighted by Gasteiger charge is -2.27. The van der Waals surface area contributed by atoms with Gasteiger partial charge in [-0.2, -0.15) is 0 Å². The summed E-state index contributed by atoms with van der Waals surface area (Å²) in [7, 11) is 0. The summed E-state index contributed by atoms with van der Waals surface area (Å²) < 4.78 is 55.9. The van der Waals surface area contributed by atoms with E-state index in [4.69, 9.17) is 42.6 Å². The smallest absolute Gasteiger partial charge is 0.104 e. The van der Waals surface area contributed by atoms with Crippen molar-refractivity contribution in [3.8, 4) is 0 Å². The first-order valence-electron chi connectivity index (χ1n) is 29.4. The monoisotopic (exact) mass is 1080 g/mol. The Labute approximate surface area is 449 Å². The van der Waals surface area contributed by atoms with Crippen LogP contribution in [0.1, 0.15) is 77.0 Å². The molecule has 6 aliphatic rings. The summed E-state index contributed by atoms with van der Waals surface area (Å²) in [6.45, 7) is 16.7. The van der Waals surface area contributed by atoms with Crippen LogP contribution >= 0.6 is 0 Å². The highest BCUT2D eigenvalue weighted by Gasteiger charge is 2.26. The van der Waals surface area contributed by atoms with E-state index in [0.717, 1.165) is 156 Å². The van der Waals surface area contributed by atoms with Gasteiger partial charge in [0.2, 0.25) is 0 Å². The first-order valence-corrected chi connectivity index (χ1v) is 29.4. The van der Waals surface area contributed by atoms with Crippen LogP contribution in [0.2, 0.25) is 0 Å². The molecule has 0 saturated carbocycles. The standard InChI is InChI=1S/C54H104N6O15/c61-45(25-55-13-1-2-14-55)31-67-37-51(72-33-47(63)27-57-17-5-6-18-57)39-69-41-53(74-35-49(65)29-59-21-9-10-22-59)43-71-44-54(75-36-50(66)30-60-23-11-12-24-60)42-70-40-52(73-34-48(64)28-58-19-7-8-20-58)38-68-32-46(62)26-56-15-3-4-16-56/h45-54,61-66H,1-44H2. The summed E-state index contributed by atoms with van der Waals surface area (Å²) in [4.78, 5) is 13.5. The van der Waals surface area contributed by atoms with Gasteiger partial charge in [-0.05, 0) is 156 Å². The van der Waals surface area contributed by atoms with Crippen molar-refractivity contribution in [3.05, 3.63) is 0 Å². The third-order valence-electron chi connectivity index (χ3n) is 15.2. The fraction of sp³-hybridized carbons (Fsp3) is 1.00. The number of aliphatic hydroxyl groups is 6. The number of hydrogen-bond acceptors (Lipinski definition) is 21. The normalized spacial score (nSPS) is 24.1. The van der Waals surface area contributed by atoms with Crippen molar-refractivity contribution in [2.45, 2.75) is 138 Å². The molecule has 0 radical (unpaired) electrons. The Morgan fingerprint density at radius 3 is 0.533 bits per heavy atom. The molecule has 6 N–H and O–H groups in total. The van der Waals surface area contributed by atoms with Crippen molar-refractivity contribution < 1.29 is 73.3 Å². The topological polar surface area (TPSA) is 224 Å². The van der Waals surface area contributed by atoms with Crippen molar-refractivity contribution in [1.82, 2.24) is 29.4 Å². The van der Waals surface area contributed by atoms with E-state index in [1.165, 1.54) is 0 Å². The molecule has 0 aromatic heterocycles. The maximum Gasteiger partial charge on any atom is 0.104 e. The molecule has 21 nitrogen and oxygen atoms in total. The average molecular weight is 1080 g/mol. The molecule has 0 aromatic carbocycles. The summed E-state index contributed by atoms with van der Waals surface area (Å²) >= 11 is 0. The predicted octanol–water partition coefficient (Wildman–Crippen LogP) is -0.650. The summed E-state index contributed by atoms with van der Waals surface area (Å²) in [5.41, 5.74) is 0. The van der Waals surface area contributed by atoms with Crippen LogP contribution in [0, 0.1) is 0 Å². The Bertz CT molecular complexity index is 1290. The number of β-amino-alcohol motifs (C(OH)–C–C–N with tert-alkyl or cyclic N) is 6. The van der Waals surface area contributed by atoms with Gasteiger partial charge >= 0.3 is 0 Å². The molecule has 0 amide bonds. The molecule has 0 spiro atoms. The average Bonchev–Trinajstić information content (AvgIpc) is 4.25. The molecule has 6 aliphatic heterocycles. The molecular weight excluding hydrogens is 973 g/mol. The molecule has 440 valence electrons. The lowest BCUT2D eigenvalue weighted by atomic mass is 10.3. The fourth-order valence-electron chi connectivity index (χ4n) is 11.1. The summed E-state index contributed by atoms with van der Waals surface area (Å²) in [6, 6.07) is 0. The van der Waals surface area contributed by atoms with Crippen molar-refractivity contribution in [1.29, 1.82) is 0 Å². The summed E-state index contributed by atoms with van der Waals surface area (Å²) in [6.07, 6.45) is 7.40. The highest BCUT2D eigenvalue weighted by Crippen LogP contribution is 2.15. The highest BCUT2D eigenvalue weighted by molar-refractivity contribution is 4.77. The van der Waals surface area contributed by atoms with Gasteiger partial charge in [-0.15, -0.1) is 0 Å². The van der Waals surface area contributed by atoms with Gasteiger partial charge in [-0.1, -0.05) is 0 Å². The predicted molar refractivity (Wildman–Crippen MR) is 283 cm³/mol. The van der Waals surface area contributed by atoms with Gasteiger partial charge in [0.05, 0.1) is 129 Å². The number of rotatable bonds is 44. The number of ether oxygens (including phenoxy) is 9.